The average Bonchev–Trinajstić information content (AvgIpc) is 2.52. The smallest absolute Gasteiger partial charge is 0.410 e. The van der Waals surface area contributed by atoms with Crippen LogP contribution in [0, 0.1) is 5.41 Å². The second-order valence-electron chi connectivity index (χ2n) is 6.76. The molecular formula is C17H21NO5. The van der Waals surface area contributed by atoms with Crippen LogP contribution in [-0.4, -0.2) is 45.9 Å². The number of piperidine rings is 1. The van der Waals surface area contributed by atoms with Gasteiger partial charge in [-0.1, -0.05) is 30.3 Å². The van der Waals surface area contributed by atoms with Gasteiger partial charge in [-0.15, -0.1) is 0 Å². The van der Waals surface area contributed by atoms with Crippen LogP contribution in [0.3, 0.4) is 0 Å². The molecule has 6 heteroatoms. The van der Waals surface area contributed by atoms with Gasteiger partial charge in [0.2, 0.25) is 0 Å². The maximum Gasteiger partial charge on any atom is 0.410 e. The third-order valence-corrected chi connectivity index (χ3v) is 4.86. The lowest BCUT2D eigenvalue weighted by Crippen LogP contribution is -2.62. The third kappa shape index (κ3) is 3.17. The predicted molar refractivity (Wildman–Crippen MR) is 81.7 cm³/mol. The Morgan fingerprint density at radius 2 is 1.91 bits per heavy atom. The molecule has 1 aliphatic carbocycles. The van der Waals surface area contributed by atoms with Crippen molar-refractivity contribution >= 4 is 12.1 Å². The van der Waals surface area contributed by atoms with Crippen molar-refractivity contribution in [2.24, 2.45) is 5.41 Å². The Kier molecular flexibility index (Phi) is 4.02. The number of aliphatic carboxylic acids is 1. The molecule has 3 rings (SSSR count). The Balaban J connectivity index is 1.55. The van der Waals surface area contributed by atoms with Gasteiger partial charge in [-0.2, -0.15) is 0 Å². The van der Waals surface area contributed by atoms with Crippen molar-refractivity contribution < 1.29 is 24.5 Å². The molecule has 1 spiro atoms. The van der Waals surface area contributed by atoms with E-state index in [2.05, 4.69) is 0 Å². The van der Waals surface area contributed by atoms with Crippen LogP contribution in [0.2, 0.25) is 0 Å². The fraction of sp³-hybridized carbons (Fsp3) is 0.529. The van der Waals surface area contributed by atoms with E-state index in [0.717, 1.165) is 18.4 Å². The monoisotopic (exact) mass is 319 g/mol. The largest absolute Gasteiger partial charge is 0.479 e. The van der Waals surface area contributed by atoms with Gasteiger partial charge in [0.1, 0.15) is 6.61 Å². The molecule has 1 saturated carbocycles. The van der Waals surface area contributed by atoms with Crippen molar-refractivity contribution in [2.75, 3.05) is 13.1 Å². The number of carbonyl (C=O) groups excluding carboxylic acids is 1. The molecule has 0 unspecified atom stereocenters. The highest BCUT2D eigenvalue weighted by atomic mass is 16.6. The summed E-state index contributed by atoms with van der Waals surface area (Å²) >= 11 is 0. The third-order valence-electron chi connectivity index (χ3n) is 4.86. The molecule has 0 aromatic heterocycles. The molecule has 23 heavy (non-hydrogen) atoms. The standard InChI is InChI=1S/C17H21NO5/c19-14(20)17(22)10-16(11-17)7-4-8-18(12-16)15(21)23-9-13-5-2-1-3-6-13/h1-3,5-6,22H,4,7-12H2,(H,19,20). The Hall–Kier alpha value is -2.08. The number of carboxylic acids is 1. The first-order valence-corrected chi connectivity index (χ1v) is 7.84. The molecule has 6 nitrogen and oxygen atoms in total. The topological polar surface area (TPSA) is 87.1 Å². The van der Waals surface area contributed by atoms with Crippen LogP contribution >= 0.6 is 0 Å². The summed E-state index contributed by atoms with van der Waals surface area (Å²) in [5, 5.41) is 19.0. The Bertz CT molecular complexity index is 594. The number of carboxylic acid groups (broad SMARTS) is 1. The highest BCUT2D eigenvalue weighted by Gasteiger charge is 2.59. The number of benzene rings is 1. The highest BCUT2D eigenvalue weighted by Crippen LogP contribution is 2.53. The van der Waals surface area contributed by atoms with Gasteiger partial charge in [-0.05, 0) is 36.7 Å². The molecule has 1 aromatic rings. The normalized spacial score (nSPS) is 29.9. The molecule has 2 N–H and O–H groups in total. The first-order chi connectivity index (χ1) is 10.9. The lowest BCUT2D eigenvalue weighted by molar-refractivity contribution is -0.193. The van der Waals surface area contributed by atoms with Crippen molar-refractivity contribution in [3.63, 3.8) is 0 Å². The molecule has 0 atom stereocenters. The van der Waals surface area contributed by atoms with Crippen LogP contribution in [0.1, 0.15) is 31.2 Å². The first-order valence-electron chi connectivity index (χ1n) is 7.84. The van der Waals surface area contributed by atoms with Crippen LogP contribution in [0.4, 0.5) is 4.79 Å². The minimum Gasteiger partial charge on any atom is -0.479 e. The van der Waals surface area contributed by atoms with Crippen LogP contribution in [0.15, 0.2) is 30.3 Å². The first kappa shape index (κ1) is 15.8. The zero-order valence-corrected chi connectivity index (χ0v) is 12.9. The predicted octanol–water partition coefficient (Wildman–Crippen LogP) is 2.01. The van der Waals surface area contributed by atoms with E-state index in [1.165, 1.54) is 0 Å². The van der Waals surface area contributed by atoms with E-state index >= 15 is 0 Å². The van der Waals surface area contributed by atoms with Gasteiger partial charge < -0.3 is 19.8 Å². The molecule has 2 aliphatic rings. The number of amides is 1. The SMILES string of the molecule is O=C(OCc1ccccc1)N1CCCC2(C1)CC(O)(C(=O)O)C2. The van der Waals surface area contributed by atoms with Crippen LogP contribution in [0.25, 0.3) is 0 Å². The number of ether oxygens (including phenoxy) is 1. The number of hydrogen-bond donors (Lipinski definition) is 2. The number of aliphatic hydroxyl groups is 1. The molecule has 1 amide bonds. The fourth-order valence-electron chi connectivity index (χ4n) is 3.80. The van der Waals surface area contributed by atoms with E-state index in [0.29, 0.717) is 13.1 Å². The van der Waals surface area contributed by atoms with Crippen molar-refractivity contribution in [3.05, 3.63) is 35.9 Å². The molecule has 0 radical (unpaired) electrons. The molecule has 1 aliphatic heterocycles. The number of hydrogen-bond acceptors (Lipinski definition) is 4. The van der Waals surface area contributed by atoms with Crippen LogP contribution in [0.5, 0.6) is 0 Å². The Labute approximate surface area is 134 Å². The van der Waals surface area contributed by atoms with Gasteiger partial charge in [0.15, 0.2) is 5.60 Å². The maximum atomic E-state index is 12.2. The zero-order chi connectivity index (χ0) is 16.5. The lowest BCUT2D eigenvalue weighted by Gasteiger charge is -2.54. The lowest BCUT2D eigenvalue weighted by atomic mass is 9.56. The summed E-state index contributed by atoms with van der Waals surface area (Å²) in [6, 6.07) is 9.47. The van der Waals surface area contributed by atoms with E-state index in [1.807, 2.05) is 30.3 Å². The average molecular weight is 319 g/mol. The number of rotatable bonds is 3. The van der Waals surface area contributed by atoms with Gasteiger partial charge in [0.05, 0.1) is 0 Å². The molecule has 0 bridgehead atoms. The quantitative estimate of drug-likeness (QED) is 0.890. The molecule has 2 fully saturated rings. The maximum absolute atomic E-state index is 12.2. The summed E-state index contributed by atoms with van der Waals surface area (Å²) in [6.07, 6.45) is 1.68. The van der Waals surface area contributed by atoms with Gasteiger partial charge in [-0.3, -0.25) is 0 Å². The molecule has 1 saturated heterocycles. The molecule has 124 valence electrons. The summed E-state index contributed by atoms with van der Waals surface area (Å²) in [6.45, 7) is 1.29. The highest BCUT2D eigenvalue weighted by molar-refractivity contribution is 5.79. The van der Waals surface area contributed by atoms with Gasteiger partial charge in [0.25, 0.3) is 0 Å². The van der Waals surface area contributed by atoms with E-state index in [-0.39, 0.29) is 31.0 Å². The minimum absolute atomic E-state index is 0.206. The summed E-state index contributed by atoms with van der Waals surface area (Å²) in [7, 11) is 0. The Morgan fingerprint density at radius 3 is 2.57 bits per heavy atom. The second-order valence-corrected chi connectivity index (χ2v) is 6.76. The van der Waals surface area contributed by atoms with Crippen LogP contribution < -0.4 is 0 Å². The molecule has 1 heterocycles. The van der Waals surface area contributed by atoms with Gasteiger partial charge in [0, 0.05) is 13.1 Å². The Morgan fingerprint density at radius 1 is 1.22 bits per heavy atom. The number of likely N-dealkylation sites (tertiary alicyclic amines) is 1. The summed E-state index contributed by atoms with van der Waals surface area (Å²) in [5.41, 5.74) is -0.981. The van der Waals surface area contributed by atoms with E-state index in [1.54, 1.807) is 4.90 Å². The second kappa shape index (κ2) is 5.85. The van der Waals surface area contributed by atoms with Crippen molar-refractivity contribution in [1.29, 1.82) is 0 Å². The van der Waals surface area contributed by atoms with E-state index in [9.17, 15) is 14.7 Å². The van der Waals surface area contributed by atoms with E-state index in [4.69, 9.17) is 9.84 Å². The van der Waals surface area contributed by atoms with Gasteiger partial charge >= 0.3 is 12.1 Å². The molecule has 1 aromatic carbocycles. The van der Waals surface area contributed by atoms with Crippen LogP contribution in [-0.2, 0) is 16.1 Å². The van der Waals surface area contributed by atoms with E-state index < -0.39 is 11.6 Å². The zero-order valence-electron chi connectivity index (χ0n) is 12.9. The summed E-state index contributed by atoms with van der Waals surface area (Å²) in [5.74, 6) is -1.17. The number of nitrogens with zero attached hydrogens (tertiary/aromatic N) is 1. The number of carbonyl (C=O) groups is 2. The van der Waals surface area contributed by atoms with Crippen molar-refractivity contribution in [2.45, 2.75) is 37.9 Å². The summed E-state index contributed by atoms with van der Waals surface area (Å²) in [4.78, 5) is 24.9. The van der Waals surface area contributed by atoms with Crippen molar-refractivity contribution in [3.8, 4) is 0 Å². The minimum atomic E-state index is -1.63. The summed E-state index contributed by atoms with van der Waals surface area (Å²) < 4.78 is 5.34. The van der Waals surface area contributed by atoms with Crippen molar-refractivity contribution in [1.82, 2.24) is 4.90 Å². The fourth-order valence-corrected chi connectivity index (χ4v) is 3.80. The van der Waals surface area contributed by atoms with Gasteiger partial charge in [-0.25, -0.2) is 9.59 Å². The molecular weight excluding hydrogens is 298 g/mol.